The summed E-state index contributed by atoms with van der Waals surface area (Å²) >= 11 is 0. The minimum atomic E-state index is -0.875. The number of ether oxygens (including phenoxy) is 3. The molecule has 0 aliphatic carbocycles. The first-order valence-corrected chi connectivity index (χ1v) is 16.2. The molecule has 5 rings (SSSR count). The topological polar surface area (TPSA) is 106 Å². The summed E-state index contributed by atoms with van der Waals surface area (Å²) in [6, 6.07) is 3.53. The second-order valence-corrected chi connectivity index (χ2v) is 13.0. The van der Waals surface area contributed by atoms with E-state index in [2.05, 4.69) is 10.00 Å². The minimum absolute atomic E-state index is 0.0691. The fraction of sp³-hybridized carbons (Fsp3) is 0.618. The van der Waals surface area contributed by atoms with Crippen molar-refractivity contribution in [2.45, 2.75) is 77.2 Å². The van der Waals surface area contributed by atoms with E-state index >= 15 is 4.39 Å². The zero-order valence-corrected chi connectivity index (χ0v) is 26.9. The average Bonchev–Trinajstić information content (AvgIpc) is 3.45. The molecule has 0 unspecified atom stereocenters. The van der Waals surface area contributed by atoms with Gasteiger partial charge in [0.25, 0.3) is 0 Å². The van der Waals surface area contributed by atoms with E-state index in [0.29, 0.717) is 55.6 Å². The fourth-order valence-corrected chi connectivity index (χ4v) is 6.40. The third kappa shape index (κ3) is 8.31. The Morgan fingerprint density at radius 2 is 1.82 bits per heavy atom. The van der Waals surface area contributed by atoms with E-state index in [-0.39, 0.29) is 36.2 Å². The number of rotatable bonds is 4. The molecule has 0 radical (unpaired) electrons. The highest BCUT2D eigenvalue weighted by Crippen LogP contribution is 2.30. The van der Waals surface area contributed by atoms with Gasteiger partial charge in [-0.3, -0.25) is 9.48 Å². The lowest BCUT2D eigenvalue weighted by molar-refractivity contribution is -0.151. The van der Waals surface area contributed by atoms with Crippen molar-refractivity contribution in [3.63, 3.8) is 0 Å². The number of aromatic nitrogens is 2. The molecule has 1 amide bonds. The van der Waals surface area contributed by atoms with Gasteiger partial charge in [0.2, 0.25) is 0 Å². The number of aliphatic hydroxyl groups excluding tert-OH is 1. The lowest BCUT2D eigenvalue weighted by Crippen LogP contribution is -2.48. The van der Waals surface area contributed by atoms with Gasteiger partial charge < -0.3 is 29.1 Å². The molecular weight excluding hydrogens is 579 g/mol. The number of cyclic esters (lactones) is 1. The van der Waals surface area contributed by atoms with Crippen molar-refractivity contribution in [2.75, 3.05) is 46.4 Å². The van der Waals surface area contributed by atoms with Crippen LogP contribution in [0.4, 0.5) is 9.18 Å². The van der Waals surface area contributed by atoms with E-state index in [9.17, 15) is 14.7 Å². The highest BCUT2D eigenvalue weighted by molar-refractivity contribution is 5.82. The molecule has 0 spiro atoms. The van der Waals surface area contributed by atoms with Crippen LogP contribution in [0.15, 0.2) is 36.1 Å². The van der Waals surface area contributed by atoms with Crippen LogP contribution in [0, 0.1) is 17.7 Å². The second kappa shape index (κ2) is 14.9. The summed E-state index contributed by atoms with van der Waals surface area (Å²) in [6.07, 6.45) is 7.26. The predicted molar refractivity (Wildman–Crippen MR) is 169 cm³/mol. The number of nitrogens with zero attached hydrogens (tertiary/aromatic N) is 4. The van der Waals surface area contributed by atoms with Crippen molar-refractivity contribution < 1.29 is 33.3 Å². The van der Waals surface area contributed by atoms with E-state index < -0.39 is 24.3 Å². The average molecular weight is 627 g/mol. The van der Waals surface area contributed by atoms with Crippen molar-refractivity contribution in [3.8, 4) is 0 Å². The normalized spacial score (nSPS) is 29.1. The van der Waals surface area contributed by atoms with Gasteiger partial charge in [-0.1, -0.05) is 26.0 Å². The molecule has 3 aliphatic rings. The zero-order chi connectivity index (χ0) is 32.1. The summed E-state index contributed by atoms with van der Waals surface area (Å²) in [5.41, 5.74) is 2.07. The van der Waals surface area contributed by atoms with Gasteiger partial charge in [-0.2, -0.15) is 5.10 Å². The van der Waals surface area contributed by atoms with Gasteiger partial charge in [-0.25, -0.2) is 9.18 Å². The van der Waals surface area contributed by atoms with Crippen LogP contribution in [0.25, 0.3) is 17.0 Å². The van der Waals surface area contributed by atoms with Crippen LogP contribution in [-0.2, 0) is 19.0 Å². The number of amides is 1. The summed E-state index contributed by atoms with van der Waals surface area (Å²) < 4.78 is 34.6. The number of esters is 1. The number of aliphatic hydroxyl groups is 1. The number of fused-ring (bicyclic) bond motifs is 1. The molecule has 10 nitrogen and oxygen atoms in total. The third-order valence-corrected chi connectivity index (χ3v) is 9.32. The summed E-state index contributed by atoms with van der Waals surface area (Å²) in [5, 5.41) is 15.6. The number of hydrogen-bond acceptors (Lipinski definition) is 8. The fourth-order valence-electron chi connectivity index (χ4n) is 6.40. The Labute approximate surface area is 264 Å². The third-order valence-electron chi connectivity index (χ3n) is 9.32. The molecular formula is C34H47FN4O6. The lowest BCUT2D eigenvalue weighted by atomic mass is 9.91. The molecule has 0 bridgehead atoms. The van der Waals surface area contributed by atoms with E-state index in [1.807, 2.05) is 56.8 Å². The van der Waals surface area contributed by atoms with Crippen LogP contribution in [0.1, 0.15) is 64.5 Å². The molecule has 1 N–H and O–H groups in total. The van der Waals surface area contributed by atoms with E-state index in [1.165, 1.54) is 6.07 Å². The predicted octanol–water partition coefficient (Wildman–Crippen LogP) is 4.97. The Morgan fingerprint density at radius 1 is 1.09 bits per heavy atom. The summed E-state index contributed by atoms with van der Waals surface area (Å²) in [6.45, 7) is 9.89. The van der Waals surface area contributed by atoms with Crippen molar-refractivity contribution in [3.05, 3.63) is 47.4 Å². The number of carbonyl (C=O) groups excluding carboxylic acids is 2. The van der Waals surface area contributed by atoms with E-state index in [4.69, 9.17) is 14.2 Å². The van der Waals surface area contributed by atoms with Crippen LogP contribution in [0.5, 0.6) is 0 Å². The Balaban J connectivity index is 1.40. The van der Waals surface area contributed by atoms with Gasteiger partial charge in [0.05, 0.1) is 35.7 Å². The van der Waals surface area contributed by atoms with Crippen LogP contribution in [0.2, 0.25) is 0 Å². The quantitative estimate of drug-likeness (QED) is 0.375. The molecule has 45 heavy (non-hydrogen) atoms. The first kappa shape index (κ1) is 33.1. The van der Waals surface area contributed by atoms with E-state index in [1.54, 1.807) is 11.1 Å². The molecule has 4 heterocycles. The van der Waals surface area contributed by atoms with Gasteiger partial charge in [-0.15, -0.1) is 0 Å². The maximum Gasteiger partial charge on any atom is 0.410 e. The van der Waals surface area contributed by atoms with Gasteiger partial charge >= 0.3 is 12.1 Å². The van der Waals surface area contributed by atoms with Crippen molar-refractivity contribution in [1.29, 1.82) is 0 Å². The number of benzene rings is 1. The number of carbonyl (C=O) groups is 2. The minimum Gasteiger partial charge on any atom is -0.457 e. The smallest absolute Gasteiger partial charge is 0.410 e. The van der Waals surface area contributed by atoms with Gasteiger partial charge in [0.15, 0.2) is 0 Å². The van der Waals surface area contributed by atoms with Gasteiger partial charge in [0.1, 0.15) is 18.0 Å². The number of likely N-dealkylation sites (N-methyl/N-ethyl adjacent to an activating group) is 1. The first-order valence-electron chi connectivity index (χ1n) is 16.2. The largest absolute Gasteiger partial charge is 0.457 e. The Bertz CT molecular complexity index is 1390. The zero-order valence-electron chi connectivity index (χ0n) is 26.9. The van der Waals surface area contributed by atoms with Gasteiger partial charge in [-0.05, 0) is 74.9 Å². The summed E-state index contributed by atoms with van der Waals surface area (Å²) in [7, 11) is 2.03. The maximum absolute atomic E-state index is 15.3. The van der Waals surface area contributed by atoms with Crippen molar-refractivity contribution >= 4 is 29.0 Å². The summed E-state index contributed by atoms with van der Waals surface area (Å²) in [4.78, 5) is 29.9. The van der Waals surface area contributed by atoms with Crippen LogP contribution in [0.3, 0.4) is 0 Å². The monoisotopic (exact) mass is 626 g/mol. The Morgan fingerprint density at radius 3 is 2.56 bits per heavy atom. The molecule has 3 aliphatic heterocycles. The standard InChI is InChI=1S/C34H47FN4O6/c1-22-5-7-27(40)20-32(41)45-33(23(2)6-8-31(22)44-34(42)38-13-11-37(4)12-14-38)24(3)17-25-18-29(35)28-21-36-39(30(28)19-25)26-9-15-43-16-10-26/h6,8,17-19,21-23,26-27,31,33,40H,5,7,9-16,20H2,1-4H3/b8-6+,24-17+/t22-,23-,27+,31-,33-/m0/s1. The van der Waals surface area contributed by atoms with Crippen molar-refractivity contribution in [1.82, 2.24) is 19.6 Å². The molecule has 0 saturated carbocycles. The molecule has 1 aromatic carbocycles. The molecule has 11 heteroatoms. The second-order valence-electron chi connectivity index (χ2n) is 13.0. The Hall–Kier alpha value is -3.28. The summed E-state index contributed by atoms with van der Waals surface area (Å²) in [5.74, 6) is -1.22. The highest BCUT2D eigenvalue weighted by atomic mass is 19.1. The van der Waals surface area contributed by atoms with Crippen LogP contribution in [-0.4, -0.2) is 102 Å². The molecule has 2 aromatic rings. The number of halogens is 1. The van der Waals surface area contributed by atoms with Crippen molar-refractivity contribution in [2.24, 2.45) is 11.8 Å². The molecule has 246 valence electrons. The van der Waals surface area contributed by atoms with E-state index in [0.717, 1.165) is 31.5 Å². The highest BCUT2D eigenvalue weighted by Gasteiger charge is 2.29. The van der Waals surface area contributed by atoms with Crippen LogP contribution >= 0.6 is 0 Å². The van der Waals surface area contributed by atoms with Crippen LogP contribution < -0.4 is 0 Å². The molecule has 1 aromatic heterocycles. The first-order chi connectivity index (χ1) is 21.6. The SMILES string of the molecule is C/C(=C\c1cc(F)c2cnn(C3CCOCC3)c2c1)[C@H]1OC(=O)C[C@H](O)CC[C@H](C)[C@@H](OC(=O)N2CCN(C)CC2)/C=C/[C@@H]1C. The molecule has 5 atom stereocenters. The number of piperazine rings is 1. The van der Waals surface area contributed by atoms with Gasteiger partial charge in [0, 0.05) is 45.3 Å². The lowest BCUT2D eigenvalue weighted by Gasteiger charge is -2.33. The molecule has 2 fully saturated rings. The number of hydrogen-bond donors (Lipinski definition) is 1. The molecule has 2 saturated heterocycles. The maximum atomic E-state index is 15.3. The Kier molecular flexibility index (Phi) is 10.9.